The van der Waals surface area contributed by atoms with Gasteiger partial charge in [-0.15, -0.1) is 11.3 Å². The molecule has 0 saturated carbocycles. The Balaban J connectivity index is 2.18. The highest BCUT2D eigenvalue weighted by atomic mass is 35.5. The van der Waals surface area contributed by atoms with E-state index in [1.807, 2.05) is 18.2 Å². The van der Waals surface area contributed by atoms with Crippen LogP contribution in [0, 0.1) is 0 Å². The fourth-order valence-corrected chi connectivity index (χ4v) is 2.54. The van der Waals surface area contributed by atoms with Gasteiger partial charge < -0.3 is 5.73 Å². The lowest BCUT2D eigenvalue weighted by Crippen LogP contribution is -1.81. The van der Waals surface area contributed by atoms with E-state index in [4.69, 9.17) is 17.3 Å². The Hall–Kier alpha value is -1.59. The van der Waals surface area contributed by atoms with Gasteiger partial charge in [0.2, 0.25) is 0 Å². The summed E-state index contributed by atoms with van der Waals surface area (Å²) in [5.41, 5.74) is 7.27. The zero-order valence-electron chi connectivity index (χ0n) is 8.07. The minimum atomic E-state index is 0.465. The van der Waals surface area contributed by atoms with Gasteiger partial charge in [0.1, 0.15) is 10.8 Å². The van der Waals surface area contributed by atoms with Crippen molar-refractivity contribution in [1.82, 2.24) is 15.2 Å². The Bertz CT molecular complexity index is 658. The molecule has 80 valence electrons. The molecule has 0 aliphatic carbocycles. The zero-order chi connectivity index (χ0) is 11.1. The van der Waals surface area contributed by atoms with Crippen LogP contribution in [-0.2, 0) is 0 Å². The number of anilines is 1. The quantitative estimate of drug-likeness (QED) is 0.698. The van der Waals surface area contributed by atoms with Gasteiger partial charge in [-0.25, -0.2) is 4.98 Å². The van der Waals surface area contributed by atoms with Crippen LogP contribution >= 0.6 is 22.9 Å². The predicted molar refractivity (Wildman–Crippen MR) is 66.6 cm³/mol. The molecule has 0 unspecified atom stereocenters. The molecule has 2 heterocycles. The van der Waals surface area contributed by atoms with Gasteiger partial charge >= 0.3 is 0 Å². The summed E-state index contributed by atoms with van der Waals surface area (Å²) in [4.78, 5) is 4.46. The molecule has 0 fully saturated rings. The summed E-state index contributed by atoms with van der Waals surface area (Å²) in [7, 11) is 0. The number of hydrogen-bond donors (Lipinski definition) is 2. The third kappa shape index (κ3) is 1.54. The van der Waals surface area contributed by atoms with Crippen LogP contribution in [0.25, 0.3) is 20.9 Å². The summed E-state index contributed by atoms with van der Waals surface area (Å²) in [5, 5.41) is 8.26. The normalized spacial score (nSPS) is 11.1. The first-order chi connectivity index (χ1) is 7.72. The molecule has 0 radical (unpaired) electrons. The second-order valence-corrected chi connectivity index (χ2v) is 4.80. The van der Waals surface area contributed by atoms with E-state index in [1.54, 1.807) is 17.4 Å². The molecule has 0 aliphatic heterocycles. The molecule has 0 bridgehead atoms. The van der Waals surface area contributed by atoms with Crippen molar-refractivity contribution in [3.63, 3.8) is 0 Å². The molecule has 2 aromatic heterocycles. The fourth-order valence-electron chi connectivity index (χ4n) is 1.46. The van der Waals surface area contributed by atoms with Crippen molar-refractivity contribution in [3.05, 3.63) is 29.3 Å². The minimum Gasteiger partial charge on any atom is -0.382 e. The summed E-state index contributed by atoms with van der Waals surface area (Å²) >= 11 is 7.48. The van der Waals surface area contributed by atoms with E-state index in [0.717, 1.165) is 20.9 Å². The maximum absolute atomic E-state index is 5.90. The molecule has 0 saturated heterocycles. The van der Waals surface area contributed by atoms with Crippen molar-refractivity contribution in [2.24, 2.45) is 0 Å². The van der Waals surface area contributed by atoms with E-state index in [0.29, 0.717) is 10.8 Å². The SMILES string of the molecule is Nc1cc(-c2nc3cc(Cl)ccc3s2)[nH]n1. The lowest BCUT2D eigenvalue weighted by atomic mass is 10.3. The van der Waals surface area contributed by atoms with E-state index in [2.05, 4.69) is 15.2 Å². The highest BCUT2D eigenvalue weighted by Crippen LogP contribution is 2.30. The summed E-state index contributed by atoms with van der Waals surface area (Å²) in [5.74, 6) is 0.465. The van der Waals surface area contributed by atoms with Crippen LogP contribution in [0.5, 0.6) is 0 Å². The van der Waals surface area contributed by atoms with Crippen molar-refractivity contribution in [2.75, 3.05) is 5.73 Å². The number of benzene rings is 1. The number of aromatic amines is 1. The standard InChI is InChI=1S/C10H7ClN4S/c11-5-1-2-8-6(3-5)13-10(16-8)7-4-9(12)15-14-7/h1-4H,(H3,12,14,15). The van der Waals surface area contributed by atoms with E-state index < -0.39 is 0 Å². The number of hydrogen-bond acceptors (Lipinski definition) is 4. The van der Waals surface area contributed by atoms with Gasteiger partial charge in [-0.3, -0.25) is 5.10 Å². The summed E-state index contributed by atoms with van der Waals surface area (Å²) in [6.07, 6.45) is 0. The van der Waals surface area contributed by atoms with Crippen molar-refractivity contribution in [1.29, 1.82) is 0 Å². The number of halogens is 1. The first kappa shape index (κ1) is 9.62. The minimum absolute atomic E-state index is 0.465. The molecule has 6 heteroatoms. The maximum Gasteiger partial charge on any atom is 0.145 e. The zero-order valence-corrected chi connectivity index (χ0v) is 9.64. The lowest BCUT2D eigenvalue weighted by molar-refractivity contribution is 1.10. The fraction of sp³-hybridized carbons (Fsp3) is 0. The average Bonchev–Trinajstić information content (AvgIpc) is 2.83. The Labute approximate surface area is 100 Å². The van der Waals surface area contributed by atoms with Gasteiger partial charge in [0.05, 0.1) is 15.9 Å². The number of fused-ring (bicyclic) bond motifs is 1. The van der Waals surface area contributed by atoms with Crippen LogP contribution in [0.3, 0.4) is 0 Å². The number of nitrogens with one attached hydrogen (secondary N) is 1. The first-order valence-electron chi connectivity index (χ1n) is 4.60. The van der Waals surface area contributed by atoms with E-state index in [1.165, 1.54) is 0 Å². The number of thiazole rings is 1. The van der Waals surface area contributed by atoms with Gasteiger partial charge in [-0.2, -0.15) is 5.10 Å². The molecule has 0 amide bonds. The molecule has 0 atom stereocenters. The summed E-state index contributed by atoms with van der Waals surface area (Å²) in [6, 6.07) is 7.42. The largest absolute Gasteiger partial charge is 0.382 e. The van der Waals surface area contributed by atoms with E-state index in [9.17, 15) is 0 Å². The summed E-state index contributed by atoms with van der Waals surface area (Å²) in [6.45, 7) is 0. The predicted octanol–water partition coefficient (Wildman–Crippen LogP) is 2.92. The molecular weight excluding hydrogens is 244 g/mol. The van der Waals surface area contributed by atoms with Gasteiger partial charge in [-0.05, 0) is 18.2 Å². The molecule has 0 spiro atoms. The number of aromatic nitrogens is 3. The van der Waals surface area contributed by atoms with E-state index in [-0.39, 0.29) is 0 Å². The van der Waals surface area contributed by atoms with Crippen LogP contribution in [0.2, 0.25) is 5.02 Å². The van der Waals surface area contributed by atoms with Gasteiger partial charge in [-0.1, -0.05) is 11.6 Å². The molecule has 3 rings (SSSR count). The van der Waals surface area contributed by atoms with Gasteiger partial charge in [0.15, 0.2) is 0 Å². The lowest BCUT2D eigenvalue weighted by Gasteiger charge is -1.86. The highest BCUT2D eigenvalue weighted by Gasteiger charge is 2.08. The number of nitrogens with two attached hydrogens (primary N) is 1. The Morgan fingerprint density at radius 3 is 2.94 bits per heavy atom. The molecule has 16 heavy (non-hydrogen) atoms. The first-order valence-corrected chi connectivity index (χ1v) is 5.79. The highest BCUT2D eigenvalue weighted by molar-refractivity contribution is 7.21. The second-order valence-electron chi connectivity index (χ2n) is 3.34. The van der Waals surface area contributed by atoms with Gasteiger partial charge in [0, 0.05) is 11.1 Å². The number of nitrogen functional groups attached to an aromatic ring is 1. The van der Waals surface area contributed by atoms with Crippen molar-refractivity contribution in [3.8, 4) is 10.7 Å². The Morgan fingerprint density at radius 2 is 2.19 bits per heavy atom. The van der Waals surface area contributed by atoms with Crippen molar-refractivity contribution < 1.29 is 0 Å². The Kier molecular flexibility index (Phi) is 2.08. The van der Waals surface area contributed by atoms with Gasteiger partial charge in [0.25, 0.3) is 0 Å². The Morgan fingerprint density at radius 1 is 1.31 bits per heavy atom. The molecule has 0 aliphatic rings. The van der Waals surface area contributed by atoms with Crippen LogP contribution in [0.1, 0.15) is 0 Å². The molecular formula is C10H7ClN4S. The third-order valence-electron chi connectivity index (χ3n) is 2.18. The molecule has 1 aromatic carbocycles. The van der Waals surface area contributed by atoms with Crippen molar-refractivity contribution >= 4 is 39.0 Å². The number of nitrogens with zero attached hydrogens (tertiary/aromatic N) is 2. The third-order valence-corrected chi connectivity index (χ3v) is 3.48. The monoisotopic (exact) mass is 250 g/mol. The topological polar surface area (TPSA) is 67.6 Å². The van der Waals surface area contributed by atoms with Crippen LogP contribution in [-0.4, -0.2) is 15.2 Å². The molecule has 3 aromatic rings. The average molecular weight is 251 g/mol. The molecule has 3 N–H and O–H groups in total. The maximum atomic E-state index is 5.90. The smallest absolute Gasteiger partial charge is 0.145 e. The van der Waals surface area contributed by atoms with Crippen LogP contribution in [0.15, 0.2) is 24.3 Å². The number of H-pyrrole nitrogens is 1. The number of rotatable bonds is 1. The van der Waals surface area contributed by atoms with Crippen molar-refractivity contribution in [2.45, 2.75) is 0 Å². The summed E-state index contributed by atoms with van der Waals surface area (Å²) < 4.78 is 1.09. The van der Waals surface area contributed by atoms with Crippen LogP contribution in [0.4, 0.5) is 5.82 Å². The second kappa shape index (κ2) is 3.47. The van der Waals surface area contributed by atoms with Crippen LogP contribution < -0.4 is 5.73 Å². The molecule has 4 nitrogen and oxygen atoms in total. The van der Waals surface area contributed by atoms with E-state index >= 15 is 0 Å².